The molecule has 6 heteroatoms. The van der Waals surface area contributed by atoms with Gasteiger partial charge in [0.15, 0.2) is 0 Å². The fourth-order valence-electron chi connectivity index (χ4n) is 4.18. The maximum Gasteiger partial charge on any atom is 0.216 e. The molecule has 7 rings (SSSR count). The van der Waals surface area contributed by atoms with Gasteiger partial charge < -0.3 is 14.4 Å². The molecule has 37 heavy (non-hydrogen) atoms. The summed E-state index contributed by atoms with van der Waals surface area (Å²) in [4.78, 5) is 13.3. The molecular weight excluding hydrogens is 655 g/mol. The summed E-state index contributed by atoms with van der Waals surface area (Å²) in [6.45, 7) is 4.09. The van der Waals surface area contributed by atoms with Crippen molar-refractivity contribution in [3.8, 4) is 22.5 Å². The van der Waals surface area contributed by atoms with Gasteiger partial charge in [-0.05, 0) is 59.8 Å². The van der Waals surface area contributed by atoms with E-state index in [9.17, 15) is 0 Å². The van der Waals surface area contributed by atoms with Crippen LogP contribution >= 0.6 is 11.3 Å². The molecule has 0 atom stereocenters. The molecule has 0 bridgehead atoms. The van der Waals surface area contributed by atoms with Crippen molar-refractivity contribution in [2.75, 3.05) is 0 Å². The molecule has 0 fully saturated rings. The Kier molecular flexibility index (Phi) is 7.24. The first kappa shape index (κ1) is 25.0. The van der Waals surface area contributed by atoms with Crippen molar-refractivity contribution in [2.24, 2.45) is 0 Å². The molecule has 0 N–H and O–H groups in total. The summed E-state index contributed by atoms with van der Waals surface area (Å²) >= 11 is 1.72. The molecule has 0 spiro atoms. The van der Waals surface area contributed by atoms with Gasteiger partial charge in [0.1, 0.15) is 0 Å². The smallest absolute Gasteiger partial charge is 0.216 e. The zero-order valence-corrected chi connectivity index (χ0v) is 23.4. The zero-order chi connectivity index (χ0) is 24.5. The summed E-state index contributed by atoms with van der Waals surface area (Å²) in [6, 6.07) is 30.3. The Hall–Kier alpha value is -3.70. The molecule has 2 aromatic carbocycles. The van der Waals surface area contributed by atoms with Crippen molar-refractivity contribution < 1.29 is 24.5 Å². The van der Waals surface area contributed by atoms with Crippen LogP contribution in [0.15, 0.2) is 95.0 Å². The van der Waals surface area contributed by atoms with Gasteiger partial charge in [-0.15, -0.1) is 65.4 Å². The Bertz CT molecular complexity index is 1770. The molecule has 5 heterocycles. The summed E-state index contributed by atoms with van der Waals surface area (Å²) in [7, 11) is 0. The number of furan rings is 1. The van der Waals surface area contributed by atoms with Gasteiger partial charge in [0.2, 0.25) is 5.71 Å². The van der Waals surface area contributed by atoms with E-state index in [4.69, 9.17) is 4.42 Å². The minimum absolute atomic E-state index is 0. The van der Waals surface area contributed by atoms with E-state index in [0.717, 1.165) is 44.6 Å². The van der Waals surface area contributed by atoms with Crippen LogP contribution in [0.1, 0.15) is 11.3 Å². The van der Waals surface area contributed by atoms with Gasteiger partial charge in [0.05, 0.1) is 10.3 Å². The topological polar surface area (TPSA) is 51.8 Å². The number of pyridine rings is 3. The predicted octanol–water partition coefficient (Wildman–Crippen LogP) is 8.22. The van der Waals surface area contributed by atoms with Crippen LogP contribution in [0, 0.1) is 26.0 Å². The molecule has 0 saturated carbocycles. The quantitative estimate of drug-likeness (QED) is 0.173. The molecule has 0 amide bonds. The average molecular weight is 676 g/mol. The Labute approximate surface area is 232 Å². The van der Waals surface area contributed by atoms with Crippen molar-refractivity contribution in [1.29, 1.82) is 0 Å². The van der Waals surface area contributed by atoms with E-state index in [2.05, 4.69) is 51.5 Å². The van der Waals surface area contributed by atoms with Crippen LogP contribution in [-0.4, -0.2) is 15.0 Å². The van der Waals surface area contributed by atoms with E-state index < -0.39 is 0 Å². The fraction of sp³-hybridized carbons (Fsp3) is 0.0645. The number of aromatic nitrogens is 3. The normalized spacial score (nSPS) is 10.8. The molecule has 5 aromatic heterocycles. The molecule has 0 aliphatic carbocycles. The minimum atomic E-state index is 0. The molecule has 0 aliphatic heterocycles. The standard InChI is InChI=1S/C20H13N2OS.C11H8N.Ir/c1-11-10-24-18-9-21-17(8-16(11)18)15-5-3-4-13-14-7-6-12(2)22-20(14)23-19(13)15;1-2-6-10(7-3-1)11-8-4-5-9-12-11;/h3-4,6-10H,1-2H3;1-6,8-9H;/q2*-1;. The van der Waals surface area contributed by atoms with Crippen molar-refractivity contribution in [2.45, 2.75) is 13.8 Å². The number of rotatable bonds is 2. The molecule has 0 aliphatic rings. The van der Waals surface area contributed by atoms with Crippen LogP contribution in [0.4, 0.5) is 0 Å². The van der Waals surface area contributed by atoms with Crippen LogP contribution in [0.5, 0.6) is 0 Å². The second kappa shape index (κ2) is 10.7. The number of hydrogen-bond donors (Lipinski definition) is 0. The summed E-state index contributed by atoms with van der Waals surface area (Å²) in [5.41, 5.74) is 7.45. The van der Waals surface area contributed by atoms with Crippen molar-refractivity contribution in [3.63, 3.8) is 0 Å². The van der Waals surface area contributed by atoms with Gasteiger partial charge in [-0.3, -0.25) is 0 Å². The molecule has 7 aromatic rings. The Morgan fingerprint density at radius 2 is 1.70 bits per heavy atom. The van der Waals surface area contributed by atoms with E-state index >= 15 is 0 Å². The third-order valence-electron chi connectivity index (χ3n) is 6.00. The SMILES string of the molecule is Cc1ccc2c(n1)oc1c(-c3cc4c(C)csc4cn3)[c-]ccc12.[Ir].[c-]1ccccc1-c1ccccn1. The summed E-state index contributed by atoms with van der Waals surface area (Å²) in [5, 5.41) is 5.48. The zero-order valence-electron chi connectivity index (χ0n) is 20.2. The molecule has 1 radical (unpaired) electrons. The van der Waals surface area contributed by atoms with Crippen LogP contribution in [0.2, 0.25) is 0 Å². The maximum absolute atomic E-state index is 6.06. The fourth-order valence-corrected chi connectivity index (χ4v) is 5.07. The van der Waals surface area contributed by atoms with Crippen molar-refractivity contribution in [1.82, 2.24) is 15.0 Å². The maximum atomic E-state index is 6.06. The number of fused-ring (bicyclic) bond motifs is 4. The van der Waals surface area contributed by atoms with Gasteiger partial charge in [-0.25, -0.2) is 4.98 Å². The first-order valence-corrected chi connectivity index (χ1v) is 12.5. The summed E-state index contributed by atoms with van der Waals surface area (Å²) in [6.07, 6.45) is 3.72. The van der Waals surface area contributed by atoms with Crippen molar-refractivity contribution >= 4 is 43.5 Å². The van der Waals surface area contributed by atoms with Crippen LogP contribution in [0.3, 0.4) is 0 Å². The molecule has 0 saturated heterocycles. The van der Waals surface area contributed by atoms with E-state index in [1.165, 1.54) is 15.6 Å². The van der Waals surface area contributed by atoms with Gasteiger partial charge in [0.25, 0.3) is 0 Å². The number of benzene rings is 2. The van der Waals surface area contributed by atoms with Crippen LogP contribution in [-0.2, 0) is 20.1 Å². The Morgan fingerprint density at radius 1 is 0.811 bits per heavy atom. The molecule has 0 unspecified atom stereocenters. The number of thiophene rings is 1. The number of nitrogens with zero attached hydrogens (tertiary/aromatic N) is 3. The van der Waals surface area contributed by atoms with Crippen LogP contribution < -0.4 is 0 Å². The molecule has 4 nitrogen and oxygen atoms in total. The van der Waals surface area contributed by atoms with E-state index in [-0.39, 0.29) is 20.1 Å². The monoisotopic (exact) mass is 676 g/mol. The van der Waals surface area contributed by atoms with E-state index in [1.807, 2.05) is 73.8 Å². The van der Waals surface area contributed by atoms with Gasteiger partial charge in [0, 0.05) is 43.6 Å². The van der Waals surface area contributed by atoms with E-state index in [1.54, 1.807) is 17.5 Å². The van der Waals surface area contributed by atoms with Crippen LogP contribution in [0.25, 0.3) is 54.7 Å². The Morgan fingerprint density at radius 3 is 2.51 bits per heavy atom. The number of hydrogen-bond acceptors (Lipinski definition) is 5. The Balaban J connectivity index is 0.000000183. The van der Waals surface area contributed by atoms with Gasteiger partial charge >= 0.3 is 0 Å². The van der Waals surface area contributed by atoms with Gasteiger partial charge in [-0.2, -0.15) is 0 Å². The first-order valence-electron chi connectivity index (χ1n) is 11.6. The number of aryl methyl sites for hydroxylation is 2. The van der Waals surface area contributed by atoms with E-state index in [0.29, 0.717) is 5.71 Å². The predicted molar refractivity (Wildman–Crippen MR) is 147 cm³/mol. The first-order chi connectivity index (χ1) is 17.7. The summed E-state index contributed by atoms with van der Waals surface area (Å²) in [5.74, 6) is 0. The second-order valence-corrected chi connectivity index (χ2v) is 9.39. The van der Waals surface area contributed by atoms with Crippen molar-refractivity contribution in [3.05, 3.63) is 114 Å². The minimum Gasteiger partial charge on any atom is -0.486 e. The second-order valence-electron chi connectivity index (χ2n) is 8.48. The third kappa shape index (κ3) is 4.96. The molecular formula is C31H21IrN3OS-2. The largest absolute Gasteiger partial charge is 0.486 e. The summed E-state index contributed by atoms with van der Waals surface area (Å²) < 4.78 is 7.26. The molecule has 183 valence electrons. The van der Waals surface area contributed by atoms with Gasteiger partial charge in [-0.1, -0.05) is 29.1 Å². The third-order valence-corrected chi connectivity index (χ3v) is 7.05. The average Bonchev–Trinajstić information content (AvgIpc) is 3.49.